The van der Waals surface area contributed by atoms with Crippen LogP contribution in [0, 0.1) is 0 Å². The maximum absolute atomic E-state index is 7.57. The van der Waals surface area contributed by atoms with E-state index in [1.807, 2.05) is 109 Å². The van der Waals surface area contributed by atoms with Crippen LogP contribution in [0.1, 0.15) is 122 Å². The van der Waals surface area contributed by atoms with E-state index in [1.54, 1.807) is 14.2 Å². The normalized spacial score (nSPS) is 25.5. The van der Waals surface area contributed by atoms with Crippen molar-refractivity contribution in [2.75, 3.05) is 27.4 Å². The van der Waals surface area contributed by atoms with Crippen molar-refractivity contribution < 1.29 is 56.8 Å². The molecule has 3 saturated heterocycles. The molecule has 10 rings (SSSR count). The van der Waals surface area contributed by atoms with Gasteiger partial charge in [0.05, 0.1) is 0 Å². The van der Waals surface area contributed by atoms with Gasteiger partial charge >= 0.3 is 502 Å². The molecule has 3 heterocycles. The van der Waals surface area contributed by atoms with Crippen molar-refractivity contribution in [2.24, 2.45) is 0 Å². The molecule has 89 heavy (non-hydrogen) atoms. The first-order valence-electron chi connectivity index (χ1n) is 31.9. The van der Waals surface area contributed by atoms with E-state index in [9.17, 15) is 0 Å². The zero-order chi connectivity index (χ0) is 61.9. The summed E-state index contributed by atoms with van der Waals surface area (Å²) < 4.78 is 84.8. The fraction of sp³-hybridized carbons (Fsp3) is 0.447. The van der Waals surface area contributed by atoms with Gasteiger partial charge in [0.2, 0.25) is 0 Å². The summed E-state index contributed by atoms with van der Waals surface area (Å²) in [4.78, 5) is 0.0859. The van der Waals surface area contributed by atoms with Crippen LogP contribution in [0.4, 0.5) is 0 Å². The van der Waals surface area contributed by atoms with Crippen LogP contribution < -0.4 is 4.46 Å². The molecule has 0 unspecified atom stereocenters. The molecule has 474 valence electrons. The van der Waals surface area contributed by atoms with E-state index in [1.165, 1.54) is 21.2 Å². The summed E-state index contributed by atoms with van der Waals surface area (Å²) in [6, 6.07) is 66.2. The molecule has 12 nitrogen and oxygen atoms in total. The maximum atomic E-state index is 7.57. The molecule has 0 aliphatic carbocycles. The summed E-state index contributed by atoms with van der Waals surface area (Å²) in [6.45, 7) is 16.4. The Balaban J connectivity index is 1.00. The summed E-state index contributed by atoms with van der Waals surface area (Å²) in [6.07, 6.45) is -5.89. The van der Waals surface area contributed by atoms with E-state index in [-0.39, 0.29) is 45.2 Å². The first-order chi connectivity index (χ1) is 43.5. The molecule has 0 bridgehead atoms. The van der Waals surface area contributed by atoms with Crippen LogP contribution in [0.5, 0.6) is 0 Å². The SMILES string of the molecule is CO[C@H]1O[C@H](COCc2ccccc2)[C@@H](OC[C@@H]2O[C@@H](C[C@H]3O[C@H](OC)[C@H](OCc4ccccc4)[C@@H](OCc4ccccc4)[C@@H]3OCc3ccccc3)C[C@H]2[Se]c2c(C(C)C)cc(C(C)C)cc2C(C)C)[C@H](OCc2ccccc2)[C@H]1OCc1ccccc1. The van der Waals surface area contributed by atoms with E-state index in [2.05, 4.69) is 126 Å². The second kappa shape index (κ2) is 33.8. The van der Waals surface area contributed by atoms with Crippen LogP contribution in [0.2, 0.25) is 4.82 Å². The Morgan fingerprint density at radius 3 is 1.12 bits per heavy atom. The van der Waals surface area contributed by atoms with Crippen LogP contribution in [0.3, 0.4) is 0 Å². The van der Waals surface area contributed by atoms with Crippen molar-refractivity contribution >= 4 is 19.4 Å². The van der Waals surface area contributed by atoms with Gasteiger partial charge in [0.1, 0.15) is 0 Å². The third kappa shape index (κ3) is 18.4. The Labute approximate surface area is 535 Å². The Hall–Kier alpha value is -5.42. The number of rotatable bonds is 31. The third-order valence-electron chi connectivity index (χ3n) is 17.0. The summed E-state index contributed by atoms with van der Waals surface area (Å²) in [7, 11) is 3.33. The molecule has 7 aromatic carbocycles. The van der Waals surface area contributed by atoms with Crippen LogP contribution >= 0.6 is 0 Å². The molecule has 0 saturated carbocycles. The van der Waals surface area contributed by atoms with E-state index in [0.29, 0.717) is 63.8 Å². The second-order valence-corrected chi connectivity index (χ2v) is 27.2. The average Bonchev–Trinajstić information content (AvgIpc) is 2.97. The fourth-order valence-corrected chi connectivity index (χ4v) is 15.9. The first kappa shape index (κ1) is 66.5. The van der Waals surface area contributed by atoms with E-state index in [4.69, 9.17) is 56.8 Å². The summed E-state index contributed by atoms with van der Waals surface area (Å²) in [5.41, 5.74) is 10.4. The fourth-order valence-electron chi connectivity index (χ4n) is 12.2. The predicted molar refractivity (Wildman–Crippen MR) is 348 cm³/mol. The Bertz CT molecular complexity index is 3090. The average molecular weight is 1280 g/mol. The Kier molecular flexibility index (Phi) is 25.2. The minimum atomic E-state index is -0.794. The van der Waals surface area contributed by atoms with Crippen molar-refractivity contribution in [3.05, 3.63) is 244 Å². The van der Waals surface area contributed by atoms with Gasteiger partial charge in [0.15, 0.2) is 0 Å². The molecule has 0 radical (unpaired) electrons. The minimum absolute atomic E-state index is 0.0617. The van der Waals surface area contributed by atoms with Crippen molar-refractivity contribution in [2.45, 2.75) is 190 Å². The Morgan fingerprint density at radius 1 is 0.382 bits per heavy atom. The van der Waals surface area contributed by atoms with Gasteiger partial charge in [-0.2, -0.15) is 0 Å². The van der Waals surface area contributed by atoms with Crippen molar-refractivity contribution in [3.8, 4) is 0 Å². The second-order valence-electron chi connectivity index (χ2n) is 24.6. The molecule has 7 aromatic rings. The zero-order valence-corrected chi connectivity index (χ0v) is 54.8. The number of hydrogen-bond donors (Lipinski definition) is 0. The monoisotopic (exact) mass is 1280 g/mol. The predicted octanol–water partition coefficient (Wildman–Crippen LogP) is 14.0. The number of ether oxygens (including phenoxy) is 12. The molecular weight excluding hydrogens is 1180 g/mol. The standard InChI is InChI=1S/C76H92O12Se/c1-51(2)60-39-62(52(3)4)74(63(40-60)53(5)6)89-67-42-61(41-64-68(80-44-55-29-17-10-18-30-55)70(81-45-56-31-19-11-20-32-56)72(75(77-7)87-64)83-47-58-35-23-13-24-36-58)86-65(67)50-85-69-66(49-79-43-54-27-15-9-16-28-54)88-76(78-8)73(84-48-59-37-25-14-26-38-59)71(69)82-46-57-33-21-12-22-34-57/h9-40,51-53,61,64-73,75-76H,41-50H2,1-8H3/t61-,64+,65-,66+,67+,68+,69+,70-,71-,72+,73+,75-,76-/m0/s1. The van der Waals surface area contributed by atoms with Crippen LogP contribution in [0.15, 0.2) is 194 Å². The molecule has 0 spiro atoms. The molecule has 13 atom stereocenters. The van der Waals surface area contributed by atoms with Crippen molar-refractivity contribution in [1.29, 1.82) is 0 Å². The molecule has 3 aliphatic heterocycles. The van der Waals surface area contributed by atoms with E-state index < -0.39 is 61.4 Å². The van der Waals surface area contributed by atoms with Gasteiger partial charge in [0, 0.05) is 0 Å². The molecule has 3 aliphatic rings. The number of benzene rings is 7. The van der Waals surface area contributed by atoms with Crippen LogP contribution in [0.25, 0.3) is 0 Å². The van der Waals surface area contributed by atoms with E-state index >= 15 is 0 Å². The van der Waals surface area contributed by atoms with Gasteiger partial charge < -0.3 is 0 Å². The summed E-state index contributed by atoms with van der Waals surface area (Å²) in [5, 5.41) is 0. The Morgan fingerprint density at radius 2 is 0.742 bits per heavy atom. The van der Waals surface area contributed by atoms with Gasteiger partial charge in [-0.25, -0.2) is 0 Å². The molecule has 0 N–H and O–H groups in total. The molecule has 0 aromatic heterocycles. The first-order valence-corrected chi connectivity index (χ1v) is 33.7. The topological polar surface area (TPSA) is 111 Å². The molecule has 0 amide bonds. The van der Waals surface area contributed by atoms with Crippen molar-refractivity contribution in [1.82, 2.24) is 0 Å². The zero-order valence-electron chi connectivity index (χ0n) is 53.1. The van der Waals surface area contributed by atoms with Gasteiger partial charge in [-0.3, -0.25) is 0 Å². The quantitative estimate of drug-likeness (QED) is 0.0386. The number of hydrogen-bond acceptors (Lipinski definition) is 12. The van der Waals surface area contributed by atoms with Gasteiger partial charge in [-0.15, -0.1) is 0 Å². The third-order valence-corrected chi connectivity index (χ3v) is 20.2. The van der Waals surface area contributed by atoms with Gasteiger partial charge in [-0.05, 0) is 0 Å². The number of methoxy groups -OCH3 is 2. The van der Waals surface area contributed by atoms with E-state index in [0.717, 1.165) is 39.8 Å². The van der Waals surface area contributed by atoms with Gasteiger partial charge in [-0.1, -0.05) is 36.4 Å². The summed E-state index contributed by atoms with van der Waals surface area (Å²) >= 11 is -0.0617. The molecular formula is C76H92O12Se. The van der Waals surface area contributed by atoms with Gasteiger partial charge in [0.25, 0.3) is 0 Å². The molecule has 3 fully saturated rings. The summed E-state index contributed by atoms with van der Waals surface area (Å²) in [5.74, 6) is 1.01. The van der Waals surface area contributed by atoms with Crippen molar-refractivity contribution in [3.63, 3.8) is 0 Å². The molecule has 13 heteroatoms. The van der Waals surface area contributed by atoms with Crippen LogP contribution in [-0.2, 0) is 96.5 Å². The van der Waals surface area contributed by atoms with Crippen LogP contribution in [-0.4, -0.2) is 116 Å².